The molecule has 2 rings (SSSR count). The average molecular weight is 278 g/mol. The Morgan fingerprint density at radius 2 is 2.20 bits per heavy atom. The standard InChI is InChI=1S/C13H14N2O5/c16-12(17)6-9-4-5-14(8-9)13(18)10-2-1-3-11(7-10)15(19)20/h1-3,7,9H,4-6,8H2,(H,16,17). The van der Waals surface area contributed by atoms with Crippen molar-refractivity contribution in [3.8, 4) is 0 Å². The highest BCUT2D eigenvalue weighted by Crippen LogP contribution is 2.22. The molecule has 1 unspecified atom stereocenters. The molecule has 20 heavy (non-hydrogen) atoms. The topological polar surface area (TPSA) is 101 Å². The summed E-state index contributed by atoms with van der Waals surface area (Å²) >= 11 is 0. The molecule has 0 spiro atoms. The Morgan fingerprint density at radius 3 is 2.85 bits per heavy atom. The van der Waals surface area contributed by atoms with Crippen molar-refractivity contribution in [2.45, 2.75) is 12.8 Å². The minimum atomic E-state index is -0.875. The quantitative estimate of drug-likeness (QED) is 0.664. The molecule has 1 fully saturated rings. The maximum absolute atomic E-state index is 12.2. The largest absolute Gasteiger partial charge is 0.481 e. The monoisotopic (exact) mass is 278 g/mol. The van der Waals surface area contributed by atoms with E-state index in [-0.39, 0.29) is 29.5 Å². The van der Waals surface area contributed by atoms with Crippen molar-refractivity contribution in [2.24, 2.45) is 5.92 Å². The molecule has 1 aromatic rings. The van der Waals surface area contributed by atoms with Crippen molar-refractivity contribution in [1.82, 2.24) is 4.90 Å². The van der Waals surface area contributed by atoms with E-state index >= 15 is 0 Å². The van der Waals surface area contributed by atoms with Gasteiger partial charge < -0.3 is 10.0 Å². The Bertz CT molecular complexity index is 557. The first-order valence-corrected chi connectivity index (χ1v) is 6.23. The van der Waals surface area contributed by atoms with Gasteiger partial charge in [0, 0.05) is 37.2 Å². The van der Waals surface area contributed by atoms with Gasteiger partial charge in [-0.15, -0.1) is 0 Å². The molecule has 0 aromatic heterocycles. The lowest BCUT2D eigenvalue weighted by Crippen LogP contribution is -2.29. The Hall–Kier alpha value is -2.44. The number of carboxylic acids is 1. The zero-order valence-corrected chi connectivity index (χ0v) is 10.7. The summed E-state index contributed by atoms with van der Waals surface area (Å²) in [5, 5.41) is 19.4. The number of hydrogen-bond acceptors (Lipinski definition) is 4. The molecule has 7 nitrogen and oxygen atoms in total. The number of rotatable bonds is 4. The van der Waals surface area contributed by atoms with E-state index in [1.54, 1.807) is 4.90 Å². The number of aliphatic carboxylic acids is 1. The lowest BCUT2D eigenvalue weighted by Gasteiger charge is -2.16. The maximum Gasteiger partial charge on any atom is 0.303 e. The molecule has 7 heteroatoms. The molecule has 0 radical (unpaired) electrons. The van der Waals surface area contributed by atoms with Gasteiger partial charge in [-0.05, 0) is 18.4 Å². The van der Waals surface area contributed by atoms with Gasteiger partial charge in [0.25, 0.3) is 11.6 Å². The first kappa shape index (κ1) is 14.0. The van der Waals surface area contributed by atoms with Crippen molar-refractivity contribution < 1.29 is 19.6 Å². The second-order valence-electron chi connectivity index (χ2n) is 4.81. The van der Waals surface area contributed by atoms with Crippen LogP contribution in [0.2, 0.25) is 0 Å². The molecule has 1 saturated heterocycles. The highest BCUT2D eigenvalue weighted by Gasteiger charge is 2.28. The summed E-state index contributed by atoms with van der Waals surface area (Å²) in [6.45, 7) is 0.868. The number of nitro benzene ring substituents is 1. The van der Waals surface area contributed by atoms with Crippen LogP contribution in [0.3, 0.4) is 0 Å². The fourth-order valence-electron chi connectivity index (χ4n) is 2.37. The number of hydrogen-bond donors (Lipinski definition) is 1. The van der Waals surface area contributed by atoms with Crippen LogP contribution in [0, 0.1) is 16.0 Å². The average Bonchev–Trinajstić information content (AvgIpc) is 2.85. The van der Waals surface area contributed by atoms with Crippen LogP contribution < -0.4 is 0 Å². The lowest BCUT2D eigenvalue weighted by molar-refractivity contribution is -0.384. The highest BCUT2D eigenvalue weighted by atomic mass is 16.6. The van der Waals surface area contributed by atoms with Crippen molar-refractivity contribution >= 4 is 17.6 Å². The number of nitro groups is 1. The van der Waals surface area contributed by atoms with E-state index in [1.165, 1.54) is 24.3 Å². The number of likely N-dealkylation sites (tertiary alicyclic amines) is 1. The molecule has 1 atom stereocenters. The smallest absolute Gasteiger partial charge is 0.303 e. The van der Waals surface area contributed by atoms with Crippen molar-refractivity contribution in [1.29, 1.82) is 0 Å². The Kier molecular flexibility index (Phi) is 3.97. The van der Waals surface area contributed by atoms with E-state index in [0.717, 1.165) is 0 Å². The predicted octanol–water partition coefficient (Wildman–Crippen LogP) is 1.53. The van der Waals surface area contributed by atoms with Crippen LogP contribution >= 0.6 is 0 Å². The maximum atomic E-state index is 12.2. The third-order valence-corrected chi connectivity index (χ3v) is 3.34. The molecule has 1 aliphatic rings. The number of amides is 1. The second kappa shape index (κ2) is 5.68. The molecular formula is C13H14N2O5. The fraction of sp³-hybridized carbons (Fsp3) is 0.385. The van der Waals surface area contributed by atoms with Crippen LogP contribution in [0.15, 0.2) is 24.3 Å². The zero-order chi connectivity index (χ0) is 14.7. The van der Waals surface area contributed by atoms with Gasteiger partial charge in [0.1, 0.15) is 0 Å². The van der Waals surface area contributed by atoms with E-state index in [2.05, 4.69) is 0 Å². The van der Waals surface area contributed by atoms with Gasteiger partial charge >= 0.3 is 5.97 Å². The second-order valence-corrected chi connectivity index (χ2v) is 4.81. The lowest BCUT2D eigenvalue weighted by atomic mass is 10.1. The van der Waals surface area contributed by atoms with E-state index in [0.29, 0.717) is 19.5 Å². The van der Waals surface area contributed by atoms with E-state index in [9.17, 15) is 19.7 Å². The summed E-state index contributed by atoms with van der Waals surface area (Å²) in [7, 11) is 0. The van der Waals surface area contributed by atoms with Gasteiger partial charge in [-0.25, -0.2) is 0 Å². The van der Waals surface area contributed by atoms with Crippen LogP contribution in [0.5, 0.6) is 0 Å². The minimum Gasteiger partial charge on any atom is -0.481 e. The molecule has 1 N–H and O–H groups in total. The normalized spacial score (nSPS) is 18.0. The van der Waals surface area contributed by atoms with Crippen molar-refractivity contribution in [3.63, 3.8) is 0 Å². The third kappa shape index (κ3) is 3.11. The number of carboxylic acid groups (broad SMARTS) is 1. The van der Waals surface area contributed by atoms with Crippen LogP contribution in [0.1, 0.15) is 23.2 Å². The van der Waals surface area contributed by atoms with Crippen LogP contribution in [-0.4, -0.2) is 39.9 Å². The van der Waals surface area contributed by atoms with E-state index in [4.69, 9.17) is 5.11 Å². The van der Waals surface area contributed by atoms with Crippen LogP contribution in [0.25, 0.3) is 0 Å². The number of benzene rings is 1. The SMILES string of the molecule is O=C(O)CC1CCN(C(=O)c2cccc([N+](=O)[O-])c2)C1. The van der Waals surface area contributed by atoms with Gasteiger partial charge in [0.2, 0.25) is 0 Å². The zero-order valence-electron chi connectivity index (χ0n) is 10.7. The molecule has 1 aromatic carbocycles. The Balaban J connectivity index is 2.07. The summed E-state index contributed by atoms with van der Waals surface area (Å²) in [4.78, 5) is 34.5. The Morgan fingerprint density at radius 1 is 1.45 bits per heavy atom. The third-order valence-electron chi connectivity index (χ3n) is 3.34. The summed E-state index contributed by atoms with van der Waals surface area (Å²) in [5.74, 6) is -1.21. The van der Waals surface area contributed by atoms with Crippen molar-refractivity contribution in [3.05, 3.63) is 39.9 Å². The summed E-state index contributed by atoms with van der Waals surface area (Å²) < 4.78 is 0. The molecule has 0 aliphatic carbocycles. The van der Waals surface area contributed by atoms with Gasteiger partial charge in [-0.2, -0.15) is 0 Å². The molecule has 1 heterocycles. The molecule has 1 amide bonds. The van der Waals surface area contributed by atoms with Gasteiger partial charge in [-0.3, -0.25) is 19.7 Å². The molecular weight excluding hydrogens is 264 g/mol. The van der Waals surface area contributed by atoms with Crippen LogP contribution in [-0.2, 0) is 4.79 Å². The number of nitrogens with zero attached hydrogens (tertiary/aromatic N) is 2. The molecule has 0 bridgehead atoms. The van der Waals surface area contributed by atoms with E-state index in [1.807, 2.05) is 0 Å². The fourth-order valence-corrected chi connectivity index (χ4v) is 2.37. The summed E-state index contributed by atoms with van der Waals surface area (Å²) in [6.07, 6.45) is 0.686. The van der Waals surface area contributed by atoms with Crippen LogP contribution in [0.4, 0.5) is 5.69 Å². The Labute approximate surface area is 115 Å². The van der Waals surface area contributed by atoms with Crippen molar-refractivity contribution in [2.75, 3.05) is 13.1 Å². The highest BCUT2D eigenvalue weighted by molar-refractivity contribution is 5.95. The van der Waals surface area contributed by atoms with Gasteiger partial charge in [0.15, 0.2) is 0 Å². The molecule has 0 saturated carbocycles. The summed E-state index contributed by atoms with van der Waals surface area (Å²) in [5.41, 5.74) is 0.132. The predicted molar refractivity (Wildman–Crippen MR) is 69.4 cm³/mol. The van der Waals surface area contributed by atoms with Gasteiger partial charge in [-0.1, -0.05) is 6.07 Å². The summed E-state index contributed by atoms with van der Waals surface area (Å²) in [6, 6.07) is 5.57. The number of carbonyl (C=O) groups is 2. The van der Waals surface area contributed by atoms with Gasteiger partial charge in [0.05, 0.1) is 4.92 Å². The number of non-ortho nitro benzene ring substituents is 1. The number of carbonyl (C=O) groups excluding carboxylic acids is 1. The molecule has 106 valence electrons. The minimum absolute atomic E-state index is 0.0404. The first-order chi connectivity index (χ1) is 9.47. The first-order valence-electron chi connectivity index (χ1n) is 6.23. The molecule has 1 aliphatic heterocycles. The van der Waals surface area contributed by atoms with E-state index < -0.39 is 10.9 Å².